The number of fused-ring (bicyclic) bond motifs is 2. The number of aliphatic hydroxyl groups is 1. The van der Waals surface area contributed by atoms with Crippen molar-refractivity contribution in [1.82, 2.24) is 0 Å². The summed E-state index contributed by atoms with van der Waals surface area (Å²) in [5.74, 6) is -1.41. The minimum absolute atomic E-state index is 0.0424. The van der Waals surface area contributed by atoms with Gasteiger partial charge >= 0.3 is 0 Å². The number of hydrogen-bond acceptors (Lipinski definition) is 4. The Kier molecular flexibility index (Phi) is 4.91. The van der Waals surface area contributed by atoms with Crippen LogP contribution in [0.4, 0.5) is 0 Å². The van der Waals surface area contributed by atoms with Crippen LogP contribution in [-0.4, -0.2) is 28.9 Å². The van der Waals surface area contributed by atoms with Crippen molar-refractivity contribution < 1.29 is 19.7 Å². The van der Waals surface area contributed by atoms with E-state index in [1.54, 1.807) is 12.1 Å². The predicted molar refractivity (Wildman–Crippen MR) is 117 cm³/mol. The molecule has 2 aliphatic carbocycles. The lowest BCUT2D eigenvalue weighted by Crippen LogP contribution is -2.55. The number of ether oxygens (including phenoxy) is 1. The zero-order valence-electron chi connectivity index (χ0n) is 17.9. The molecule has 2 saturated carbocycles. The number of aromatic hydroxyl groups is 1. The fourth-order valence-electron chi connectivity index (χ4n) is 5.98. The van der Waals surface area contributed by atoms with Gasteiger partial charge in [-0.1, -0.05) is 62.4 Å². The molecule has 3 unspecified atom stereocenters. The lowest BCUT2D eigenvalue weighted by Gasteiger charge is -2.45. The highest BCUT2D eigenvalue weighted by Gasteiger charge is 2.76. The van der Waals surface area contributed by atoms with Gasteiger partial charge in [0, 0.05) is 24.9 Å². The highest BCUT2D eigenvalue weighted by molar-refractivity contribution is 5.89. The summed E-state index contributed by atoms with van der Waals surface area (Å²) in [5, 5.41) is 21.2. The summed E-state index contributed by atoms with van der Waals surface area (Å²) in [7, 11) is 1.49. The molecule has 0 saturated heterocycles. The topological polar surface area (TPSA) is 66.8 Å². The van der Waals surface area contributed by atoms with E-state index in [0.29, 0.717) is 19.3 Å². The van der Waals surface area contributed by atoms with Crippen LogP contribution in [0.2, 0.25) is 0 Å². The molecule has 0 heterocycles. The van der Waals surface area contributed by atoms with Gasteiger partial charge < -0.3 is 14.9 Å². The molecule has 2 N–H and O–H groups in total. The lowest BCUT2D eigenvalue weighted by atomic mass is 9.59. The molecule has 2 aromatic rings. The van der Waals surface area contributed by atoms with Crippen LogP contribution in [0.15, 0.2) is 60.7 Å². The molecule has 4 heteroatoms. The van der Waals surface area contributed by atoms with E-state index in [1.165, 1.54) is 7.11 Å². The number of ketones is 1. The second-order valence-electron chi connectivity index (χ2n) is 9.22. The van der Waals surface area contributed by atoms with Gasteiger partial charge in [0.15, 0.2) is 5.79 Å². The molecule has 0 spiro atoms. The fourth-order valence-corrected chi connectivity index (χ4v) is 5.98. The molecule has 0 aliphatic heterocycles. The molecule has 0 amide bonds. The summed E-state index contributed by atoms with van der Waals surface area (Å²) in [6.07, 6.45) is 2.26. The molecule has 158 valence electrons. The van der Waals surface area contributed by atoms with Crippen LogP contribution in [-0.2, 0) is 16.0 Å². The average Bonchev–Trinajstić information content (AvgIpc) is 3.11. The third-order valence-electron chi connectivity index (χ3n) is 7.72. The molecule has 2 aliphatic rings. The first-order valence-corrected chi connectivity index (χ1v) is 10.6. The summed E-state index contributed by atoms with van der Waals surface area (Å²) in [6, 6.07) is 15.2. The second-order valence-corrected chi connectivity index (χ2v) is 9.22. The molecule has 2 aromatic carbocycles. The zero-order chi connectivity index (χ0) is 21.7. The maximum absolute atomic E-state index is 13.6. The average molecular weight is 407 g/mol. The minimum atomic E-state index is -1.48. The van der Waals surface area contributed by atoms with E-state index in [-0.39, 0.29) is 17.5 Å². The molecule has 2 bridgehead atoms. The first-order chi connectivity index (χ1) is 14.2. The smallest absolute Gasteiger partial charge is 0.185 e. The zero-order valence-corrected chi connectivity index (χ0v) is 17.9. The van der Waals surface area contributed by atoms with Crippen molar-refractivity contribution >= 4 is 5.78 Å². The molecule has 2 fully saturated rings. The summed E-state index contributed by atoms with van der Waals surface area (Å²) < 4.78 is 5.61. The summed E-state index contributed by atoms with van der Waals surface area (Å²) >= 11 is 0. The van der Waals surface area contributed by atoms with Crippen molar-refractivity contribution in [2.45, 2.75) is 45.3 Å². The van der Waals surface area contributed by atoms with Crippen LogP contribution in [0.1, 0.15) is 38.7 Å². The number of benzene rings is 2. The van der Waals surface area contributed by atoms with Gasteiger partial charge in [0.25, 0.3) is 0 Å². The molecule has 0 radical (unpaired) electrons. The first-order valence-electron chi connectivity index (χ1n) is 10.6. The largest absolute Gasteiger partial charge is 0.508 e. The quantitative estimate of drug-likeness (QED) is 0.530. The van der Waals surface area contributed by atoms with Crippen LogP contribution in [0, 0.1) is 16.7 Å². The Labute approximate surface area is 178 Å². The predicted octanol–water partition coefficient (Wildman–Crippen LogP) is 4.89. The summed E-state index contributed by atoms with van der Waals surface area (Å²) in [5.41, 5.74) is 2.42. The van der Waals surface area contributed by atoms with Gasteiger partial charge in [0.2, 0.25) is 0 Å². The van der Waals surface area contributed by atoms with Gasteiger partial charge in [0.05, 0.1) is 5.41 Å². The Morgan fingerprint density at radius 1 is 1.17 bits per heavy atom. The summed E-state index contributed by atoms with van der Waals surface area (Å²) in [6.45, 7) is 8.24. The normalized spacial score (nSPS) is 29.3. The van der Waals surface area contributed by atoms with Crippen LogP contribution in [0.5, 0.6) is 5.75 Å². The number of rotatable bonds is 6. The Bertz CT molecular complexity index is 1010. The Hall–Kier alpha value is -2.43. The van der Waals surface area contributed by atoms with Gasteiger partial charge in [-0.25, -0.2) is 0 Å². The van der Waals surface area contributed by atoms with Crippen LogP contribution >= 0.6 is 0 Å². The monoisotopic (exact) mass is 406 g/mol. The molecule has 4 nitrogen and oxygen atoms in total. The van der Waals surface area contributed by atoms with E-state index in [1.807, 2.05) is 44.2 Å². The Morgan fingerprint density at radius 2 is 1.83 bits per heavy atom. The van der Waals surface area contributed by atoms with E-state index >= 15 is 0 Å². The van der Waals surface area contributed by atoms with E-state index < -0.39 is 16.6 Å². The minimum Gasteiger partial charge on any atom is -0.508 e. The molecular formula is C26H30O4. The number of methoxy groups -OCH3 is 1. The number of Topliss-reactive ketones (excluding diaryl/α,β-unsaturated/α-hetero) is 1. The van der Waals surface area contributed by atoms with E-state index in [2.05, 4.69) is 12.6 Å². The van der Waals surface area contributed by atoms with Gasteiger partial charge in [-0.05, 0) is 48.1 Å². The van der Waals surface area contributed by atoms with Crippen LogP contribution in [0.3, 0.4) is 0 Å². The lowest BCUT2D eigenvalue weighted by molar-refractivity contribution is -0.252. The van der Waals surface area contributed by atoms with Crippen molar-refractivity contribution in [2.75, 3.05) is 7.11 Å². The maximum Gasteiger partial charge on any atom is 0.185 e. The van der Waals surface area contributed by atoms with Gasteiger partial charge in [-0.2, -0.15) is 0 Å². The van der Waals surface area contributed by atoms with Crippen LogP contribution < -0.4 is 0 Å². The van der Waals surface area contributed by atoms with Gasteiger partial charge in [-0.15, -0.1) is 0 Å². The Balaban J connectivity index is 1.58. The van der Waals surface area contributed by atoms with Crippen molar-refractivity contribution in [3.05, 3.63) is 66.2 Å². The number of hydrogen-bond donors (Lipinski definition) is 2. The molecular weight excluding hydrogens is 376 g/mol. The van der Waals surface area contributed by atoms with E-state index in [0.717, 1.165) is 28.7 Å². The third kappa shape index (κ3) is 2.70. The van der Waals surface area contributed by atoms with Crippen molar-refractivity contribution in [2.24, 2.45) is 16.7 Å². The van der Waals surface area contributed by atoms with E-state index in [4.69, 9.17) is 4.74 Å². The Morgan fingerprint density at radius 3 is 2.50 bits per heavy atom. The highest BCUT2D eigenvalue weighted by Crippen LogP contribution is 2.72. The van der Waals surface area contributed by atoms with Crippen molar-refractivity contribution in [3.8, 4) is 16.9 Å². The van der Waals surface area contributed by atoms with Gasteiger partial charge in [-0.3, -0.25) is 4.79 Å². The van der Waals surface area contributed by atoms with Gasteiger partial charge in [0.1, 0.15) is 11.5 Å². The molecule has 30 heavy (non-hydrogen) atoms. The standard InChI is InChI=1S/C26H30O4/c1-17-22-13-14-25(24(17,2)3,26(22,29)30-4)23(28)12-11-18-7-5-8-19(15-18)20-9-6-10-21(27)16-20/h5-10,15-16,22,27,29H,1,11-14H2,2-4H3. The third-order valence-corrected chi connectivity index (χ3v) is 7.72. The number of aryl methyl sites for hydroxylation is 1. The highest BCUT2D eigenvalue weighted by atomic mass is 16.6. The maximum atomic E-state index is 13.6. The van der Waals surface area contributed by atoms with E-state index in [9.17, 15) is 15.0 Å². The summed E-state index contributed by atoms with van der Waals surface area (Å²) in [4.78, 5) is 13.6. The fraction of sp³-hybridized carbons (Fsp3) is 0.423. The number of carbonyl (C=O) groups is 1. The number of phenolic OH excluding ortho intramolecular Hbond substituents is 1. The number of phenols is 1. The second kappa shape index (κ2) is 7.07. The SMILES string of the molecule is C=C1C2CCC(C(=O)CCc3cccc(-c4cccc(O)c4)c3)(C1(C)C)C2(O)OC. The molecule has 0 aromatic heterocycles. The van der Waals surface area contributed by atoms with Crippen molar-refractivity contribution in [1.29, 1.82) is 0 Å². The number of carbonyl (C=O) groups excluding carboxylic acids is 1. The van der Waals surface area contributed by atoms with Crippen LogP contribution in [0.25, 0.3) is 11.1 Å². The molecule has 4 rings (SSSR count). The molecule has 3 atom stereocenters. The van der Waals surface area contributed by atoms with Crippen molar-refractivity contribution in [3.63, 3.8) is 0 Å². The first kappa shape index (κ1) is 20.8.